The number of carbonyl (C=O) groups excluding carboxylic acids is 1. The molecule has 1 atom stereocenters. The van der Waals surface area contributed by atoms with Gasteiger partial charge in [0, 0.05) is 6.42 Å². The summed E-state index contributed by atoms with van der Waals surface area (Å²) in [5.41, 5.74) is 0.0136. The van der Waals surface area contributed by atoms with Gasteiger partial charge in [-0.2, -0.15) is 0 Å². The minimum absolute atomic E-state index is 0.0199. The second-order valence-corrected chi connectivity index (χ2v) is 4.85. The van der Waals surface area contributed by atoms with Gasteiger partial charge in [0.1, 0.15) is 5.75 Å². The van der Waals surface area contributed by atoms with Crippen LogP contribution < -0.4 is 4.74 Å². The number of aliphatic carboxylic acids is 1. The van der Waals surface area contributed by atoms with E-state index in [2.05, 4.69) is 0 Å². The molecule has 1 rings (SSSR count). The van der Waals surface area contributed by atoms with Crippen molar-refractivity contribution in [1.29, 1.82) is 0 Å². The Morgan fingerprint density at radius 3 is 2.50 bits per heavy atom. The quantitative estimate of drug-likeness (QED) is 0.639. The van der Waals surface area contributed by atoms with E-state index in [-0.39, 0.29) is 13.0 Å². The SMILES string of the molecule is CCOC(=O)C(C)(Cc1cc(C)ccc1OC)C(=O)O. The molecule has 0 spiro atoms. The molecule has 1 N–H and O–H groups in total. The van der Waals surface area contributed by atoms with Crippen molar-refractivity contribution < 1.29 is 24.2 Å². The molecule has 5 nitrogen and oxygen atoms in total. The van der Waals surface area contributed by atoms with Crippen LogP contribution >= 0.6 is 0 Å². The average Bonchev–Trinajstić information content (AvgIpc) is 2.38. The van der Waals surface area contributed by atoms with Crippen LogP contribution in [0.4, 0.5) is 0 Å². The summed E-state index contributed by atoms with van der Waals surface area (Å²) in [5.74, 6) is -1.39. The maximum atomic E-state index is 12.0. The molecule has 1 aromatic rings. The number of ether oxygens (including phenoxy) is 2. The Kier molecular flexibility index (Phi) is 5.13. The molecule has 1 aromatic carbocycles. The third-order valence-electron chi connectivity index (χ3n) is 3.18. The Bertz CT molecular complexity index is 509. The van der Waals surface area contributed by atoms with Gasteiger partial charge in [0.15, 0.2) is 5.41 Å². The minimum Gasteiger partial charge on any atom is -0.496 e. The van der Waals surface area contributed by atoms with Crippen molar-refractivity contribution in [3.05, 3.63) is 29.3 Å². The van der Waals surface area contributed by atoms with E-state index in [4.69, 9.17) is 9.47 Å². The summed E-state index contributed by atoms with van der Waals surface area (Å²) in [4.78, 5) is 23.4. The maximum absolute atomic E-state index is 12.0. The highest BCUT2D eigenvalue weighted by Crippen LogP contribution is 2.30. The number of rotatable bonds is 6. The highest BCUT2D eigenvalue weighted by molar-refractivity contribution is 5.99. The van der Waals surface area contributed by atoms with E-state index in [9.17, 15) is 14.7 Å². The van der Waals surface area contributed by atoms with E-state index in [1.54, 1.807) is 13.0 Å². The van der Waals surface area contributed by atoms with Crippen LogP contribution in [-0.4, -0.2) is 30.8 Å². The first-order chi connectivity index (χ1) is 9.35. The molecular weight excluding hydrogens is 260 g/mol. The molecule has 0 saturated carbocycles. The van der Waals surface area contributed by atoms with Gasteiger partial charge in [-0.3, -0.25) is 9.59 Å². The highest BCUT2D eigenvalue weighted by Gasteiger charge is 2.43. The fourth-order valence-electron chi connectivity index (χ4n) is 1.95. The molecule has 5 heteroatoms. The molecule has 0 fully saturated rings. The normalized spacial score (nSPS) is 13.4. The fraction of sp³-hybridized carbons (Fsp3) is 0.467. The molecule has 0 aliphatic carbocycles. The van der Waals surface area contributed by atoms with Gasteiger partial charge in [-0.25, -0.2) is 0 Å². The van der Waals surface area contributed by atoms with Crippen LogP contribution in [-0.2, 0) is 20.7 Å². The maximum Gasteiger partial charge on any atom is 0.323 e. The summed E-state index contributed by atoms with van der Waals surface area (Å²) in [5, 5.41) is 9.38. The topological polar surface area (TPSA) is 72.8 Å². The summed E-state index contributed by atoms with van der Waals surface area (Å²) in [7, 11) is 1.51. The first-order valence-electron chi connectivity index (χ1n) is 6.39. The summed E-state index contributed by atoms with van der Waals surface area (Å²) in [6, 6.07) is 5.45. The molecule has 0 bridgehead atoms. The lowest BCUT2D eigenvalue weighted by Crippen LogP contribution is -2.40. The zero-order valence-electron chi connectivity index (χ0n) is 12.2. The van der Waals surface area contributed by atoms with Gasteiger partial charge in [0.2, 0.25) is 0 Å². The van der Waals surface area contributed by atoms with Gasteiger partial charge in [0.05, 0.1) is 13.7 Å². The van der Waals surface area contributed by atoms with Crippen LogP contribution in [0.3, 0.4) is 0 Å². The number of aryl methyl sites for hydroxylation is 1. The zero-order valence-corrected chi connectivity index (χ0v) is 12.2. The number of carbonyl (C=O) groups is 2. The van der Waals surface area contributed by atoms with E-state index >= 15 is 0 Å². The van der Waals surface area contributed by atoms with Crippen molar-refractivity contribution in [1.82, 2.24) is 0 Å². The Labute approximate surface area is 118 Å². The van der Waals surface area contributed by atoms with Crippen molar-refractivity contribution in [3.63, 3.8) is 0 Å². The lowest BCUT2D eigenvalue weighted by atomic mass is 9.83. The van der Waals surface area contributed by atoms with Gasteiger partial charge in [-0.1, -0.05) is 17.7 Å². The summed E-state index contributed by atoms with van der Waals surface area (Å²) in [6.07, 6.45) is 0.0199. The predicted molar refractivity (Wildman–Crippen MR) is 73.8 cm³/mol. The molecule has 0 radical (unpaired) electrons. The molecule has 0 aliphatic heterocycles. The molecule has 20 heavy (non-hydrogen) atoms. The number of esters is 1. The van der Waals surface area contributed by atoms with Gasteiger partial charge in [-0.15, -0.1) is 0 Å². The highest BCUT2D eigenvalue weighted by atomic mass is 16.5. The van der Waals surface area contributed by atoms with Gasteiger partial charge in [0.25, 0.3) is 0 Å². The molecule has 0 saturated heterocycles. The zero-order chi connectivity index (χ0) is 15.3. The third kappa shape index (κ3) is 3.29. The first-order valence-corrected chi connectivity index (χ1v) is 6.39. The van der Waals surface area contributed by atoms with E-state index in [1.165, 1.54) is 14.0 Å². The van der Waals surface area contributed by atoms with E-state index in [1.807, 2.05) is 19.1 Å². The summed E-state index contributed by atoms with van der Waals surface area (Å²) < 4.78 is 10.1. The number of carboxylic acid groups (broad SMARTS) is 1. The van der Waals surface area contributed by atoms with Gasteiger partial charge >= 0.3 is 11.9 Å². The Morgan fingerprint density at radius 1 is 1.35 bits per heavy atom. The Morgan fingerprint density at radius 2 is 2.00 bits per heavy atom. The lowest BCUT2D eigenvalue weighted by molar-refractivity contribution is -0.167. The van der Waals surface area contributed by atoms with Gasteiger partial charge < -0.3 is 14.6 Å². The van der Waals surface area contributed by atoms with Crippen LogP contribution in [0.2, 0.25) is 0 Å². The molecule has 0 aliphatic rings. The van der Waals surface area contributed by atoms with Crippen LogP contribution in [0.1, 0.15) is 25.0 Å². The third-order valence-corrected chi connectivity index (χ3v) is 3.18. The smallest absolute Gasteiger partial charge is 0.323 e. The Balaban J connectivity index is 3.17. The van der Waals surface area contributed by atoms with E-state index in [0.717, 1.165) is 5.56 Å². The Hall–Kier alpha value is -2.04. The number of methoxy groups -OCH3 is 1. The summed E-state index contributed by atoms with van der Waals surface area (Å²) >= 11 is 0. The van der Waals surface area contributed by atoms with Crippen molar-refractivity contribution >= 4 is 11.9 Å². The van der Waals surface area contributed by atoms with Crippen LogP contribution in [0.25, 0.3) is 0 Å². The second-order valence-electron chi connectivity index (χ2n) is 4.85. The number of hydrogen-bond donors (Lipinski definition) is 1. The predicted octanol–water partition coefficient (Wildman–Crippen LogP) is 2.20. The first kappa shape index (κ1) is 16.0. The molecular formula is C15H20O5. The number of benzene rings is 1. The monoisotopic (exact) mass is 280 g/mol. The fourth-order valence-corrected chi connectivity index (χ4v) is 1.95. The standard InChI is InChI=1S/C15H20O5/c1-5-20-14(18)15(3,13(16)17)9-11-8-10(2)6-7-12(11)19-4/h6-8H,5,9H2,1-4H3,(H,16,17). The lowest BCUT2D eigenvalue weighted by Gasteiger charge is -2.23. The van der Waals surface area contributed by atoms with E-state index < -0.39 is 17.4 Å². The molecule has 0 amide bonds. The van der Waals surface area contributed by atoms with Crippen molar-refractivity contribution in [2.24, 2.45) is 5.41 Å². The van der Waals surface area contributed by atoms with Crippen molar-refractivity contribution in [2.45, 2.75) is 27.2 Å². The van der Waals surface area contributed by atoms with Crippen LogP contribution in [0.15, 0.2) is 18.2 Å². The van der Waals surface area contributed by atoms with Crippen LogP contribution in [0, 0.1) is 12.3 Å². The van der Waals surface area contributed by atoms with Gasteiger partial charge in [-0.05, 0) is 32.4 Å². The second kappa shape index (κ2) is 6.41. The molecule has 1 unspecified atom stereocenters. The molecule has 110 valence electrons. The average molecular weight is 280 g/mol. The molecule has 0 heterocycles. The number of hydrogen-bond acceptors (Lipinski definition) is 4. The molecule has 0 aromatic heterocycles. The summed E-state index contributed by atoms with van der Waals surface area (Å²) in [6.45, 7) is 5.06. The van der Waals surface area contributed by atoms with Crippen molar-refractivity contribution in [2.75, 3.05) is 13.7 Å². The van der Waals surface area contributed by atoms with Crippen molar-refractivity contribution in [3.8, 4) is 5.75 Å². The number of carboxylic acids is 1. The van der Waals surface area contributed by atoms with E-state index in [0.29, 0.717) is 11.3 Å². The largest absolute Gasteiger partial charge is 0.496 e. The van der Waals surface area contributed by atoms with Crippen LogP contribution in [0.5, 0.6) is 5.75 Å². The minimum atomic E-state index is -1.63.